The molecule has 0 N–H and O–H groups in total. The third-order valence-corrected chi connectivity index (χ3v) is 4.02. The molecule has 0 saturated carbocycles. The van der Waals surface area contributed by atoms with E-state index in [1.54, 1.807) is 12.1 Å². The number of carbonyl (C=O) groups is 1. The third kappa shape index (κ3) is 3.25. The van der Waals surface area contributed by atoms with Gasteiger partial charge < -0.3 is 0 Å². The van der Waals surface area contributed by atoms with Gasteiger partial charge in [-0.05, 0) is 36.1 Å². The normalized spacial score (nSPS) is 12.2. The number of hydrogen-bond acceptors (Lipinski definition) is 2. The van der Waals surface area contributed by atoms with Gasteiger partial charge in [0.25, 0.3) is 0 Å². The monoisotopic (exact) mass is 325 g/mol. The summed E-state index contributed by atoms with van der Waals surface area (Å²) in [6, 6.07) is 6.17. The smallest absolute Gasteiger partial charge is 0.199 e. The Hall–Kier alpha value is -1.45. The molecule has 2 aromatic rings. The summed E-state index contributed by atoms with van der Waals surface area (Å²) in [4.78, 5) is 16.3. The van der Waals surface area contributed by atoms with Crippen molar-refractivity contribution >= 4 is 29.0 Å². The first-order chi connectivity index (χ1) is 9.95. The summed E-state index contributed by atoms with van der Waals surface area (Å²) < 4.78 is 14.6. The Morgan fingerprint density at radius 1 is 1.29 bits per heavy atom. The second-order valence-corrected chi connectivity index (χ2v) is 5.63. The van der Waals surface area contributed by atoms with Crippen molar-refractivity contribution in [2.24, 2.45) is 0 Å². The van der Waals surface area contributed by atoms with E-state index in [1.807, 2.05) is 13.8 Å². The number of rotatable bonds is 4. The zero-order valence-electron chi connectivity index (χ0n) is 11.7. The van der Waals surface area contributed by atoms with Crippen LogP contribution in [-0.4, -0.2) is 10.8 Å². The number of hydrogen-bond donors (Lipinski definition) is 0. The van der Waals surface area contributed by atoms with Crippen LogP contribution >= 0.6 is 23.2 Å². The van der Waals surface area contributed by atoms with Crippen molar-refractivity contribution in [1.29, 1.82) is 0 Å². The van der Waals surface area contributed by atoms with Gasteiger partial charge in [0.2, 0.25) is 0 Å². The van der Waals surface area contributed by atoms with Crippen LogP contribution in [0, 0.1) is 5.82 Å². The Bertz CT molecular complexity index is 671. The average molecular weight is 326 g/mol. The molecule has 0 amide bonds. The molecule has 0 radical (unpaired) electrons. The molecule has 1 atom stereocenters. The highest BCUT2D eigenvalue weighted by Crippen LogP contribution is 2.30. The fourth-order valence-corrected chi connectivity index (χ4v) is 2.38. The lowest BCUT2D eigenvalue weighted by Gasteiger charge is -2.14. The van der Waals surface area contributed by atoms with E-state index >= 15 is 0 Å². The van der Waals surface area contributed by atoms with E-state index in [4.69, 9.17) is 23.2 Å². The van der Waals surface area contributed by atoms with E-state index < -0.39 is 11.6 Å². The number of aromatic nitrogens is 1. The van der Waals surface area contributed by atoms with Gasteiger partial charge in [-0.25, -0.2) is 9.37 Å². The zero-order chi connectivity index (χ0) is 15.6. The lowest BCUT2D eigenvalue weighted by atomic mass is 9.93. The highest BCUT2D eigenvalue weighted by molar-refractivity contribution is 6.35. The molecular formula is C16H14Cl2FNO. The Morgan fingerprint density at radius 2 is 2.00 bits per heavy atom. The minimum atomic E-state index is -0.559. The van der Waals surface area contributed by atoms with E-state index in [9.17, 15) is 9.18 Å². The van der Waals surface area contributed by atoms with Crippen LogP contribution in [0.1, 0.15) is 47.7 Å². The van der Waals surface area contributed by atoms with Crippen LogP contribution in [-0.2, 0) is 0 Å². The van der Waals surface area contributed by atoms with Crippen molar-refractivity contribution in [3.8, 4) is 0 Å². The van der Waals surface area contributed by atoms with Gasteiger partial charge in [0.15, 0.2) is 5.78 Å². The largest absolute Gasteiger partial charge is 0.288 e. The molecule has 2 rings (SSSR count). The number of carbonyl (C=O) groups excluding carboxylic acids is 1. The number of nitrogens with zero attached hydrogens (tertiary/aromatic N) is 1. The fraction of sp³-hybridized carbons (Fsp3) is 0.250. The Kier molecular flexibility index (Phi) is 4.96. The summed E-state index contributed by atoms with van der Waals surface area (Å²) in [5.41, 5.74) is 0.632. The van der Waals surface area contributed by atoms with Crippen LogP contribution in [0.2, 0.25) is 10.2 Å². The van der Waals surface area contributed by atoms with Crippen molar-refractivity contribution in [2.75, 3.05) is 0 Å². The molecule has 1 aromatic heterocycles. The summed E-state index contributed by atoms with van der Waals surface area (Å²) in [6.45, 7) is 3.87. The van der Waals surface area contributed by atoms with E-state index in [-0.39, 0.29) is 27.2 Å². The molecule has 2 nitrogen and oxygen atoms in total. The topological polar surface area (TPSA) is 30.0 Å². The molecule has 110 valence electrons. The van der Waals surface area contributed by atoms with Gasteiger partial charge >= 0.3 is 0 Å². The minimum Gasteiger partial charge on any atom is -0.288 e. The zero-order valence-corrected chi connectivity index (χ0v) is 13.2. The molecule has 0 aliphatic heterocycles. The lowest BCUT2D eigenvalue weighted by Crippen LogP contribution is -2.09. The molecule has 1 aromatic carbocycles. The molecule has 5 heteroatoms. The Balaban J connectivity index is 2.52. The highest BCUT2D eigenvalue weighted by Gasteiger charge is 2.22. The van der Waals surface area contributed by atoms with Crippen molar-refractivity contribution in [1.82, 2.24) is 4.98 Å². The molecule has 21 heavy (non-hydrogen) atoms. The third-order valence-electron chi connectivity index (χ3n) is 3.48. The predicted molar refractivity (Wildman–Crippen MR) is 82.8 cm³/mol. The predicted octanol–water partition coefficient (Wildman–Crippen LogP) is 5.27. The second kappa shape index (κ2) is 6.54. The van der Waals surface area contributed by atoms with E-state index in [0.717, 1.165) is 6.42 Å². The maximum absolute atomic E-state index is 14.6. The van der Waals surface area contributed by atoms with Crippen LogP contribution in [0.3, 0.4) is 0 Å². The summed E-state index contributed by atoms with van der Waals surface area (Å²) in [7, 11) is 0. The van der Waals surface area contributed by atoms with Crippen LogP contribution < -0.4 is 0 Å². The molecule has 0 fully saturated rings. The fourth-order valence-electron chi connectivity index (χ4n) is 2.03. The number of pyridine rings is 1. The van der Waals surface area contributed by atoms with Gasteiger partial charge in [-0.15, -0.1) is 0 Å². The van der Waals surface area contributed by atoms with Crippen molar-refractivity contribution < 1.29 is 9.18 Å². The number of ketones is 1. The summed E-state index contributed by atoms with van der Waals surface area (Å²) in [6.07, 6.45) is 2.09. The first-order valence-electron chi connectivity index (χ1n) is 6.59. The summed E-state index contributed by atoms with van der Waals surface area (Å²) in [5, 5.41) is 0.367. The van der Waals surface area contributed by atoms with Crippen LogP contribution in [0.15, 0.2) is 30.5 Å². The summed E-state index contributed by atoms with van der Waals surface area (Å²) >= 11 is 11.7. The second-order valence-electron chi connectivity index (χ2n) is 4.83. The van der Waals surface area contributed by atoms with E-state index in [1.165, 1.54) is 18.3 Å². The maximum Gasteiger partial charge on any atom is 0.199 e. The van der Waals surface area contributed by atoms with Crippen molar-refractivity contribution in [2.45, 2.75) is 26.2 Å². The Morgan fingerprint density at radius 3 is 2.57 bits per heavy atom. The van der Waals surface area contributed by atoms with Gasteiger partial charge in [0, 0.05) is 11.8 Å². The molecule has 1 heterocycles. The molecule has 0 spiro atoms. The first kappa shape index (κ1) is 15.9. The van der Waals surface area contributed by atoms with Crippen LogP contribution in [0.4, 0.5) is 4.39 Å². The van der Waals surface area contributed by atoms with Gasteiger partial charge in [0.05, 0.1) is 10.6 Å². The van der Waals surface area contributed by atoms with Crippen molar-refractivity contribution in [3.05, 3.63) is 63.1 Å². The summed E-state index contributed by atoms with van der Waals surface area (Å²) in [5.74, 6) is -1.04. The molecule has 0 aliphatic carbocycles. The minimum absolute atomic E-state index is 0.0113. The van der Waals surface area contributed by atoms with Gasteiger partial charge in [-0.1, -0.05) is 43.1 Å². The van der Waals surface area contributed by atoms with Crippen LogP contribution in [0.5, 0.6) is 0 Å². The standard InChI is InChI=1S/C16H14Cl2FNO/c1-3-9(2)11-5-6-12(17)14(15(11)19)16(21)10-4-7-13(18)20-8-10/h4-9H,3H2,1-2H3/t9-/m1/s1. The SMILES string of the molecule is CC[C@@H](C)c1ccc(Cl)c(C(=O)c2ccc(Cl)nc2)c1F. The molecule has 0 aliphatic rings. The van der Waals surface area contributed by atoms with E-state index in [0.29, 0.717) is 5.56 Å². The van der Waals surface area contributed by atoms with Gasteiger partial charge in [-0.3, -0.25) is 4.79 Å². The molecule has 0 unspecified atom stereocenters. The van der Waals surface area contributed by atoms with Crippen molar-refractivity contribution in [3.63, 3.8) is 0 Å². The number of benzene rings is 1. The van der Waals surface area contributed by atoms with E-state index in [2.05, 4.69) is 4.98 Å². The highest BCUT2D eigenvalue weighted by atomic mass is 35.5. The van der Waals surface area contributed by atoms with Gasteiger partial charge in [0.1, 0.15) is 11.0 Å². The first-order valence-corrected chi connectivity index (χ1v) is 7.35. The molecule has 0 saturated heterocycles. The maximum atomic E-state index is 14.6. The molecular weight excluding hydrogens is 312 g/mol. The average Bonchev–Trinajstić information content (AvgIpc) is 2.47. The van der Waals surface area contributed by atoms with Gasteiger partial charge in [-0.2, -0.15) is 0 Å². The van der Waals surface area contributed by atoms with Crippen LogP contribution in [0.25, 0.3) is 0 Å². The Labute approximate surface area is 132 Å². The lowest BCUT2D eigenvalue weighted by molar-refractivity contribution is 0.103. The molecule has 0 bridgehead atoms. The quantitative estimate of drug-likeness (QED) is 0.566. The number of halogens is 3.